The number of imidazole rings is 1. The van der Waals surface area contributed by atoms with Crippen molar-refractivity contribution in [1.29, 1.82) is 0 Å². The van der Waals surface area contributed by atoms with Gasteiger partial charge < -0.3 is 9.72 Å². The lowest BCUT2D eigenvalue weighted by Gasteiger charge is -2.02. The normalized spacial score (nSPS) is 10.6. The predicted octanol–water partition coefficient (Wildman–Crippen LogP) is 0.440. The summed E-state index contributed by atoms with van der Waals surface area (Å²) in [6, 6.07) is 0. The van der Waals surface area contributed by atoms with Gasteiger partial charge in [0, 0.05) is 18.5 Å². The van der Waals surface area contributed by atoms with Gasteiger partial charge in [-0.2, -0.15) is 0 Å². The highest BCUT2D eigenvalue weighted by Gasteiger charge is 2.04. The maximum Gasteiger partial charge on any atom is 0.325 e. The molecule has 0 spiro atoms. The maximum absolute atomic E-state index is 11.2. The van der Waals surface area contributed by atoms with E-state index in [4.69, 9.17) is 4.74 Å². The van der Waals surface area contributed by atoms with E-state index in [-0.39, 0.29) is 5.69 Å². The summed E-state index contributed by atoms with van der Waals surface area (Å²) in [6.07, 6.45) is 0. The van der Waals surface area contributed by atoms with Gasteiger partial charge in [0.1, 0.15) is 0 Å². The molecule has 0 radical (unpaired) electrons. The van der Waals surface area contributed by atoms with Crippen LogP contribution in [0.3, 0.4) is 0 Å². The fourth-order valence-corrected chi connectivity index (χ4v) is 1.12. The van der Waals surface area contributed by atoms with Gasteiger partial charge in [0.25, 0.3) is 0 Å². The molecule has 1 rings (SSSR count). The number of aromatic nitrogens is 2. The third-order valence-electron chi connectivity index (χ3n) is 2.01. The van der Waals surface area contributed by atoms with Gasteiger partial charge in [0.15, 0.2) is 0 Å². The first-order chi connectivity index (χ1) is 5.66. The molecule has 0 bridgehead atoms. The second-order valence-electron chi connectivity index (χ2n) is 2.79. The van der Waals surface area contributed by atoms with Crippen LogP contribution in [-0.2, 0) is 11.3 Å². The molecular weight excluding hydrogens is 156 g/mol. The lowest BCUT2D eigenvalue weighted by atomic mass is 10.4. The zero-order chi connectivity index (χ0) is 9.14. The molecule has 0 saturated carbocycles. The lowest BCUT2D eigenvalue weighted by Crippen LogP contribution is -2.20. The van der Waals surface area contributed by atoms with Crippen molar-refractivity contribution in [3.8, 4) is 0 Å². The highest BCUT2D eigenvalue weighted by Crippen LogP contribution is 1.99. The first kappa shape index (κ1) is 9.06. The molecule has 0 atom stereocenters. The van der Waals surface area contributed by atoms with Crippen molar-refractivity contribution in [3.05, 3.63) is 21.9 Å². The van der Waals surface area contributed by atoms with Gasteiger partial charge in [-0.15, -0.1) is 0 Å². The molecule has 1 N–H and O–H groups in total. The Morgan fingerprint density at radius 3 is 2.58 bits per heavy atom. The maximum atomic E-state index is 11.2. The average molecular weight is 170 g/mol. The van der Waals surface area contributed by atoms with Crippen LogP contribution >= 0.6 is 0 Å². The molecule has 0 amide bonds. The van der Waals surface area contributed by atoms with Crippen molar-refractivity contribution in [3.63, 3.8) is 0 Å². The minimum atomic E-state index is -0.0537. The molecule has 0 aliphatic heterocycles. The number of nitrogens with one attached hydrogen (secondary N) is 1. The summed E-state index contributed by atoms with van der Waals surface area (Å²) in [6.45, 7) is 4.99. The summed E-state index contributed by atoms with van der Waals surface area (Å²) in [5, 5.41) is 0. The summed E-state index contributed by atoms with van der Waals surface area (Å²) in [7, 11) is 1.62. The average Bonchev–Trinajstić information content (AvgIpc) is 2.25. The number of methoxy groups -OCH3 is 1. The van der Waals surface area contributed by atoms with Crippen LogP contribution in [0.25, 0.3) is 0 Å². The van der Waals surface area contributed by atoms with Gasteiger partial charge in [-0.3, -0.25) is 4.57 Å². The van der Waals surface area contributed by atoms with Gasteiger partial charge >= 0.3 is 5.69 Å². The molecule has 4 heteroatoms. The van der Waals surface area contributed by atoms with Crippen LogP contribution in [0, 0.1) is 13.8 Å². The zero-order valence-corrected chi connectivity index (χ0v) is 7.68. The van der Waals surface area contributed by atoms with E-state index in [0.29, 0.717) is 13.2 Å². The van der Waals surface area contributed by atoms with E-state index in [0.717, 1.165) is 11.4 Å². The number of rotatable bonds is 3. The Hall–Kier alpha value is -1.03. The van der Waals surface area contributed by atoms with Crippen molar-refractivity contribution >= 4 is 0 Å². The van der Waals surface area contributed by atoms with Gasteiger partial charge in [-0.05, 0) is 13.8 Å². The molecule has 0 unspecified atom stereocenters. The summed E-state index contributed by atoms with van der Waals surface area (Å²) in [4.78, 5) is 14.0. The Balaban J connectivity index is 2.90. The molecular formula is C8H14N2O2. The Bertz CT molecular complexity index is 311. The second-order valence-corrected chi connectivity index (χ2v) is 2.79. The van der Waals surface area contributed by atoms with Crippen LogP contribution in [0.4, 0.5) is 0 Å². The molecule has 0 saturated heterocycles. The van der Waals surface area contributed by atoms with Gasteiger partial charge in [-0.1, -0.05) is 0 Å². The van der Waals surface area contributed by atoms with Crippen LogP contribution in [0.2, 0.25) is 0 Å². The van der Waals surface area contributed by atoms with Crippen molar-refractivity contribution < 1.29 is 4.74 Å². The SMILES string of the molecule is COCCn1c(C)c(C)[nH]c1=O. The summed E-state index contributed by atoms with van der Waals surface area (Å²) >= 11 is 0. The monoisotopic (exact) mass is 170 g/mol. The number of ether oxygens (including phenoxy) is 1. The molecule has 0 aromatic carbocycles. The van der Waals surface area contributed by atoms with Crippen LogP contribution < -0.4 is 5.69 Å². The van der Waals surface area contributed by atoms with E-state index in [2.05, 4.69) is 4.98 Å². The van der Waals surface area contributed by atoms with E-state index in [1.807, 2.05) is 13.8 Å². The Labute approximate surface area is 71.2 Å². The van der Waals surface area contributed by atoms with Crippen molar-refractivity contribution in [2.75, 3.05) is 13.7 Å². The number of hydrogen-bond acceptors (Lipinski definition) is 2. The van der Waals surface area contributed by atoms with E-state index < -0.39 is 0 Å². The number of aromatic amines is 1. The Morgan fingerprint density at radius 2 is 2.17 bits per heavy atom. The first-order valence-electron chi connectivity index (χ1n) is 3.91. The van der Waals surface area contributed by atoms with Crippen LogP contribution in [0.1, 0.15) is 11.4 Å². The molecule has 68 valence electrons. The topological polar surface area (TPSA) is 47.0 Å². The summed E-state index contributed by atoms with van der Waals surface area (Å²) in [5.74, 6) is 0. The van der Waals surface area contributed by atoms with Gasteiger partial charge in [0.2, 0.25) is 0 Å². The number of aryl methyl sites for hydroxylation is 1. The molecule has 1 heterocycles. The molecule has 0 aliphatic carbocycles. The van der Waals surface area contributed by atoms with E-state index in [1.54, 1.807) is 11.7 Å². The third kappa shape index (κ3) is 1.58. The van der Waals surface area contributed by atoms with E-state index >= 15 is 0 Å². The molecule has 1 aromatic heterocycles. The lowest BCUT2D eigenvalue weighted by molar-refractivity contribution is 0.185. The fourth-order valence-electron chi connectivity index (χ4n) is 1.12. The summed E-state index contributed by atoms with van der Waals surface area (Å²) < 4.78 is 6.57. The summed E-state index contributed by atoms with van der Waals surface area (Å²) in [5.41, 5.74) is 1.86. The highest BCUT2D eigenvalue weighted by atomic mass is 16.5. The molecule has 12 heavy (non-hydrogen) atoms. The predicted molar refractivity (Wildman–Crippen MR) is 46.4 cm³/mol. The quantitative estimate of drug-likeness (QED) is 0.715. The number of H-pyrrole nitrogens is 1. The van der Waals surface area contributed by atoms with Crippen LogP contribution in [0.15, 0.2) is 4.79 Å². The van der Waals surface area contributed by atoms with Gasteiger partial charge in [0.05, 0.1) is 13.2 Å². The smallest absolute Gasteiger partial charge is 0.325 e. The third-order valence-corrected chi connectivity index (χ3v) is 2.01. The van der Waals surface area contributed by atoms with Gasteiger partial charge in [-0.25, -0.2) is 4.79 Å². The van der Waals surface area contributed by atoms with Crippen molar-refractivity contribution in [2.24, 2.45) is 0 Å². The largest absolute Gasteiger partial charge is 0.383 e. The molecule has 1 aromatic rings. The fraction of sp³-hybridized carbons (Fsp3) is 0.625. The number of hydrogen-bond donors (Lipinski definition) is 1. The van der Waals surface area contributed by atoms with Crippen molar-refractivity contribution in [2.45, 2.75) is 20.4 Å². The second kappa shape index (κ2) is 3.58. The van der Waals surface area contributed by atoms with Crippen LogP contribution in [0.5, 0.6) is 0 Å². The highest BCUT2D eigenvalue weighted by molar-refractivity contribution is 5.08. The van der Waals surface area contributed by atoms with Crippen LogP contribution in [-0.4, -0.2) is 23.3 Å². The van der Waals surface area contributed by atoms with E-state index in [9.17, 15) is 4.79 Å². The number of nitrogens with zero attached hydrogens (tertiary/aromatic N) is 1. The van der Waals surface area contributed by atoms with E-state index in [1.165, 1.54) is 0 Å². The molecule has 4 nitrogen and oxygen atoms in total. The van der Waals surface area contributed by atoms with Crippen molar-refractivity contribution in [1.82, 2.24) is 9.55 Å². The Kier molecular flexibility index (Phi) is 2.70. The molecule has 0 fully saturated rings. The first-order valence-corrected chi connectivity index (χ1v) is 3.91. The minimum absolute atomic E-state index is 0.0537. The Morgan fingerprint density at radius 1 is 1.50 bits per heavy atom. The standard InChI is InChI=1S/C8H14N2O2/c1-6-7(2)10(4-5-12-3)8(11)9-6/h4-5H2,1-3H3,(H,9,11). The molecule has 0 aliphatic rings. The zero-order valence-electron chi connectivity index (χ0n) is 7.68. The minimum Gasteiger partial charge on any atom is -0.383 e.